The minimum Gasteiger partial charge on any atom is -0.352 e. The molecule has 150 valence electrons. The summed E-state index contributed by atoms with van der Waals surface area (Å²) in [5.41, 5.74) is 1.96. The molecule has 3 aromatic rings. The van der Waals surface area contributed by atoms with Crippen molar-refractivity contribution in [1.82, 2.24) is 15.5 Å². The van der Waals surface area contributed by atoms with Crippen LogP contribution >= 0.6 is 11.6 Å². The topological polar surface area (TPSA) is 97.1 Å². The Morgan fingerprint density at radius 1 is 1.07 bits per heavy atom. The van der Waals surface area contributed by atoms with Gasteiger partial charge in [-0.1, -0.05) is 23.7 Å². The zero-order chi connectivity index (χ0) is 20.6. The molecule has 7 nitrogen and oxygen atoms in total. The lowest BCUT2D eigenvalue weighted by Gasteiger charge is -2.06. The number of aryl methyl sites for hydroxylation is 1. The summed E-state index contributed by atoms with van der Waals surface area (Å²) in [6, 6.07) is 13.9. The number of nitrogens with zero attached hydrogens (tertiary/aromatic N) is 2. The zero-order valence-electron chi connectivity index (χ0n) is 15.9. The van der Waals surface area contributed by atoms with Gasteiger partial charge in [0, 0.05) is 41.2 Å². The van der Waals surface area contributed by atoms with E-state index in [0.29, 0.717) is 41.0 Å². The highest BCUT2D eigenvalue weighted by atomic mass is 35.5. The van der Waals surface area contributed by atoms with Gasteiger partial charge in [-0.25, -0.2) is 0 Å². The van der Waals surface area contributed by atoms with Gasteiger partial charge >= 0.3 is 0 Å². The fourth-order valence-electron chi connectivity index (χ4n) is 2.56. The first-order chi connectivity index (χ1) is 14.0. The Kier molecular flexibility index (Phi) is 6.97. The first-order valence-corrected chi connectivity index (χ1v) is 9.69. The molecule has 2 N–H and O–H groups in total. The quantitative estimate of drug-likeness (QED) is 0.580. The Labute approximate surface area is 173 Å². The fourth-order valence-corrected chi connectivity index (χ4v) is 2.69. The molecule has 0 aliphatic rings. The lowest BCUT2D eigenvalue weighted by Crippen LogP contribution is -2.23. The number of nitrogens with one attached hydrogen (secondary N) is 2. The van der Waals surface area contributed by atoms with Gasteiger partial charge in [0.1, 0.15) is 0 Å². The van der Waals surface area contributed by atoms with E-state index in [-0.39, 0.29) is 18.2 Å². The van der Waals surface area contributed by atoms with Crippen LogP contribution in [-0.2, 0) is 11.2 Å². The van der Waals surface area contributed by atoms with Crippen molar-refractivity contribution in [2.24, 2.45) is 0 Å². The number of benzene rings is 2. The van der Waals surface area contributed by atoms with Gasteiger partial charge in [-0.15, -0.1) is 0 Å². The molecule has 8 heteroatoms. The molecule has 0 unspecified atom stereocenters. The molecule has 0 spiro atoms. The van der Waals surface area contributed by atoms with Gasteiger partial charge in [0.05, 0.1) is 0 Å². The maximum Gasteiger partial charge on any atom is 0.251 e. The highest BCUT2D eigenvalue weighted by molar-refractivity contribution is 6.30. The van der Waals surface area contributed by atoms with Crippen molar-refractivity contribution in [3.63, 3.8) is 0 Å². The van der Waals surface area contributed by atoms with Crippen LogP contribution in [-0.4, -0.2) is 28.5 Å². The maximum absolute atomic E-state index is 12.2. The Balaban J connectivity index is 1.50. The predicted octanol–water partition coefficient (Wildman–Crippen LogP) is 4.10. The van der Waals surface area contributed by atoms with Gasteiger partial charge in [0.15, 0.2) is 0 Å². The minimum absolute atomic E-state index is 0.127. The summed E-state index contributed by atoms with van der Waals surface area (Å²) < 4.78 is 5.21. The van der Waals surface area contributed by atoms with E-state index in [9.17, 15) is 9.59 Å². The zero-order valence-corrected chi connectivity index (χ0v) is 16.7. The van der Waals surface area contributed by atoms with Gasteiger partial charge < -0.3 is 15.2 Å². The molecular formula is C21H21ClN4O3. The number of hydrogen-bond acceptors (Lipinski definition) is 5. The lowest BCUT2D eigenvalue weighted by atomic mass is 10.2. The summed E-state index contributed by atoms with van der Waals surface area (Å²) in [6.45, 7) is 2.62. The number of hydrogen-bond donors (Lipinski definition) is 2. The molecular weight excluding hydrogens is 392 g/mol. The van der Waals surface area contributed by atoms with Crippen molar-refractivity contribution in [1.29, 1.82) is 0 Å². The fraction of sp³-hybridized carbons (Fsp3) is 0.238. The molecule has 3 rings (SSSR count). The predicted molar refractivity (Wildman–Crippen MR) is 111 cm³/mol. The number of rotatable bonds is 8. The van der Waals surface area contributed by atoms with E-state index in [1.54, 1.807) is 48.5 Å². The summed E-state index contributed by atoms with van der Waals surface area (Å²) in [5.74, 6) is 0.527. The van der Waals surface area contributed by atoms with Crippen LogP contribution in [0, 0.1) is 0 Å². The smallest absolute Gasteiger partial charge is 0.251 e. The molecule has 0 aliphatic heterocycles. The first kappa shape index (κ1) is 20.5. The van der Waals surface area contributed by atoms with Gasteiger partial charge in [-0.05, 0) is 55.0 Å². The number of carbonyl (C=O) groups excluding carboxylic acids is 2. The number of carbonyl (C=O) groups is 2. The molecule has 29 heavy (non-hydrogen) atoms. The molecule has 1 aromatic heterocycles. The summed E-state index contributed by atoms with van der Waals surface area (Å²) in [6.07, 6.45) is 1.39. The third-order valence-electron chi connectivity index (χ3n) is 4.10. The van der Waals surface area contributed by atoms with Crippen LogP contribution in [0.15, 0.2) is 53.1 Å². The Bertz CT molecular complexity index is 968. The second-order valence-electron chi connectivity index (χ2n) is 6.40. The van der Waals surface area contributed by atoms with E-state index in [0.717, 1.165) is 12.0 Å². The van der Waals surface area contributed by atoms with Crippen molar-refractivity contribution in [3.8, 4) is 11.4 Å². The Hall–Kier alpha value is -3.19. The van der Waals surface area contributed by atoms with Crippen molar-refractivity contribution in [2.75, 3.05) is 11.9 Å². The molecule has 2 aromatic carbocycles. The van der Waals surface area contributed by atoms with Crippen LogP contribution in [0.5, 0.6) is 0 Å². The van der Waals surface area contributed by atoms with E-state index < -0.39 is 0 Å². The SMILES string of the molecule is CCCNC(=O)c1ccc(NC(=O)CCc2nc(-c3ccc(Cl)cc3)no2)cc1. The molecule has 0 atom stereocenters. The molecule has 0 bridgehead atoms. The average Bonchev–Trinajstić information content (AvgIpc) is 3.20. The van der Waals surface area contributed by atoms with E-state index in [1.165, 1.54) is 0 Å². The van der Waals surface area contributed by atoms with Gasteiger partial charge in [-0.2, -0.15) is 4.98 Å². The summed E-state index contributed by atoms with van der Waals surface area (Å²) in [4.78, 5) is 28.4. The Morgan fingerprint density at radius 3 is 2.48 bits per heavy atom. The van der Waals surface area contributed by atoms with Crippen molar-refractivity contribution in [2.45, 2.75) is 26.2 Å². The molecule has 0 radical (unpaired) electrons. The summed E-state index contributed by atoms with van der Waals surface area (Å²) in [7, 11) is 0. The number of anilines is 1. The second kappa shape index (κ2) is 9.84. The van der Waals surface area contributed by atoms with E-state index >= 15 is 0 Å². The van der Waals surface area contributed by atoms with E-state index in [1.807, 2.05) is 6.92 Å². The van der Waals surface area contributed by atoms with Gasteiger partial charge in [0.2, 0.25) is 17.6 Å². The largest absolute Gasteiger partial charge is 0.352 e. The Morgan fingerprint density at radius 2 is 1.79 bits per heavy atom. The average molecular weight is 413 g/mol. The maximum atomic E-state index is 12.2. The first-order valence-electron chi connectivity index (χ1n) is 9.32. The van der Waals surface area contributed by atoms with Crippen LogP contribution in [0.4, 0.5) is 5.69 Å². The van der Waals surface area contributed by atoms with E-state index in [4.69, 9.17) is 16.1 Å². The molecule has 0 saturated carbocycles. The normalized spacial score (nSPS) is 10.6. The highest BCUT2D eigenvalue weighted by Crippen LogP contribution is 2.19. The van der Waals surface area contributed by atoms with Crippen molar-refractivity contribution in [3.05, 3.63) is 65.0 Å². The van der Waals surface area contributed by atoms with Crippen molar-refractivity contribution < 1.29 is 14.1 Å². The molecule has 0 fully saturated rings. The van der Waals surface area contributed by atoms with Crippen LogP contribution in [0.2, 0.25) is 5.02 Å². The minimum atomic E-state index is -0.181. The monoisotopic (exact) mass is 412 g/mol. The van der Waals surface area contributed by atoms with Crippen LogP contribution in [0.25, 0.3) is 11.4 Å². The summed E-state index contributed by atoms with van der Waals surface area (Å²) >= 11 is 5.87. The van der Waals surface area contributed by atoms with Crippen LogP contribution < -0.4 is 10.6 Å². The lowest BCUT2D eigenvalue weighted by molar-refractivity contribution is -0.116. The standard InChI is InChI=1S/C21H21ClN4O3/c1-2-13-23-21(28)15-5-9-17(10-6-15)24-18(27)11-12-19-25-20(26-29-19)14-3-7-16(22)8-4-14/h3-10H,2,11-13H2,1H3,(H,23,28)(H,24,27). The molecule has 1 heterocycles. The highest BCUT2D eigenvalue weighted by Gasteiger charge is 2.11. The summed E-state index contributed by atoms with van der Waals surface area (Å²) in [5, 5.41) is 10.2. The number of aromatic nitrogens is 2. The van der Waals surface area contributed by atoms with Crippen LogP contribution in [0.3, 0.4) is 0 Å². The van der Waals surface area contributed by atoms with Crippen molar-refractivity contribution >= 4 is 29.1 Å². The third kappa shape index (κ3) is 5.89. The number of amides is 2. The molecule has 2 amide bonds. The number of halogens is 1. The van der Waals surface area contributed by atoms with E-state index in [2.05, 4.69) is 20.8 Å². The van der Waals surface area contributed by atoms with Gasteiger partial charge in [-0.3, -0.25) is 9.59 Å². The third-order valence-corrected chi connectivity index (χ3v) is 4.35. The molecule has 0 aliphatic carbocycles. The van der Waals surface area contributed by atoms with Crippen LogP contribution in [0.1, 0.15) is 36.0 Å². The molecule has 0 saturated heterocycles. The van der Waals surface area contributed by atoms with Gasteiger partial charge in [0.25, 0.3) is 5.91 Å². The second-order valence-corrected chi connectivity index (χ2v) is 6.84.